The largest absolute Gasteiger partial charge is 4.00 e. The van der Waals surface area contributed by atoms with Gasteiger partial charge in [0.25, 0.3) is 0 Å². The minimum Gasteiger partial charge on any atom is -0.328 e. The quantitative estimate of drug-likeness (QED) is 0.303. The summed E-state index contributed by atoms with van der Waals surface area (Å²) in [5.41, 5.74) is 0. The molecule has 4 unspecified atom stereocenters. The van der Waals surface area contributed by atoms with Gasteiger partial charge in [0, 0.05) is 0 Å². The van der Waals surface area contributed by atoms with Gasteiger partial charge in [0.15, 0.2) is 0 Å². The van der Waals surface area contributed by atoms with Gasteiger partial charge in [-0.15, -0.1) is 0 Å². The van der Waals surface area contributed by atoms with Crippen LogP contribution in [0.25, 0.3) is 0 Å². The molecule has 0 aromatic rings. The van der Waals surface area contributed by atoms with Crippen LogP contribution < -0.4 is 0 Å². The van der Waals surface area contributed by atoms with Crippen LogP contribution in [-0.2, 0) is 26.2 Å². The Kier molecular flexibility index (Phi) is 21.4. The second kappa shape index (κ2) is 20.8. The summed E-state index contributed by atoms with van der Waals surface area (Å²) in [5, 5.41) is 0. The van der Waals surface area contributed by atoms with E-state index in [0.717, 1.165) is 23.7 Å². The van der Waals surface area contributed by atoms with E-state index in [4.69, 9.17) is 0 Å². The van der Waals surface area contributed by atoms with Crippen LogP contribution >= 0.6 is 0 Å². The summed E-state index contributed by atoms with van der Waals surface area (Å²) < 4.78 is 0. The summed E-state index contributed by atoms with van der Waals surface area (Å²) >= 11 is 0. The molecule has 4 fully saturated rings. The van der Waals surface area contributed by atoms with Gasteiger partial charge >= 0.3 is 26.2 Å². The monoisotopic (exact) mass is 478 g/mol. The van der Waals surface area contributed by atoms with Gasteiger partial charge in [-0.2, -0.15) is 51.4 Å². The molecule has 4 atom stereocenters. The van der Waals surface area contributed by atoms with Gasteiger partial charge in [-0.25, -0.2) is 0 Å². The van der Waals surface area contributed by atoms with Crippen LogP contribution in [0.15, 0.2) is 0 Å². The van der Waals surface area contributed by atoms with Crippen molar-refractivity contribution in [2.75, 3.05) is 0 Å². The summed E-state index contributed by atoms with van der Waals surface area (Å²) in [7, 11) is 0. The zero-order chi connectivity index (χ0) is 20.5. The average Bonchev–Trinajstić information content (AvgIpc) is 2.72. The molecule has 0 saturated heterocycles. The predicted molar refractivity (Wildman–Crippen MR) is 128 cm³/mol. The molecule has 0 N–H and O–H groups in total. The molecule has 168 valence electrons. The molecule has 0 aliphatic heterocycles. The number of hydrogen-bond donors (Lipinski definition) is 0. The molecule has 4 aliphatic rings. The van der Waals surface area contributed by atoms with Gasteiger partial charge in [0.1, 0.15) is 0 Å². The van der Waals surface area contributed by atoms with E-state index in [1.165, 1.54) is 103 Å². The van der Waals surface area contributed by atoms with E-state index < -0.39 is 0 Å². The minimum absolute atomic E-state index is 0. The second-order valence-corrected chi connectivity index (χ2v) is 10.2. The van der Waals surface area contributed by atoms with E-state index in [1.54, 1.807) is 0 Å². The van der Waals surface area contributed by atoms with Gasteiger partial charge in [0.2, 0.25) is 0 Å². The van der Waals surface area contributed by atoms with Crippen molar-refractivity contribution in [3.63, 3.8) is 0 Å². The Morgan fingerprint density at radius 1 is 0.414 bits per heavy atom. The van der Waals surface area contributed by atoms with E-state index in [2.05, 4.69) is 53.4 Å². The molecule has 0 heterocycles. The Morgan fingerprint density at radius 2 is 0.621 bits per heavy atom. The third-order valence-corrected chi connectivity index (χ3v) is 6.70. The van der Waals surface area contributed by atoms with Crippen LogP contribution in [0.4, 0.5) is 0 Å². The Labute approximate surface area is 205 Å². The van der Waals surface area contributed by atoms with Gasteiger partial charge < -0.3 is 25.7 Å². The van der Waals surface area contributed by atoms with Crippen molar-refractivity contribution in [2.45, 2.75) is 130 Å². The Bertz CT molecular complexity index is 238. The second-order valence-electron chi connectivity index (χ2n) is 10.2. The third-order valence-electron chi connectivity index (χ3n) is 6.70. The molecule has 0 spiro atoms. The van der Waals surface area contributed by atoms with E-state index in [9.17, 15) is 0 Å². The Morgan fingerprint density at radius 3 is 0.690 bits per heavy atom. The molecule has 4 rings (SSSR count). The third kappa shape index (κ3) is 19.3. The maximum atomic E-state index is 2.41. The van der Waals surface area contributed by atoms with E-state index in [0.29, 0.717) is 0 Å². The normalized spacial score (nSPS) is 31.9. The summed E-state index contributed by atoms with van der Waals surface area (Å²) in [4.78, 5) is 0. The first-order chi connectivity index (χ1) is 13.6. The van der Waals surface area contributed by atoms with E-state index in [1.807, 2.05) is 0 Å². The zero-order valence-corrected chi connectivity index (χ0v) is 22.9. The predicted octanol–water partition coefficient (Wildman–Crippen LogP) is 9.60. The van der Waals surface area contributed by atoms with E-state index >= 15 is 0 Å². The number of rotatable bonds is 0. The molecule has 4 saturated carbocycles. The fourth-order valence-corrected chi connectivity index (χ4v) is 4.52. The van der Waals surface area contributed by atoms with Gasteiger partial charge in [-0.05, 0) is 0 Å². The minimum atomic E-state index is 0. The van der Waals surface area contributed by atoms with Crippen molar-refractivity contribution in [3.05, 3.63) is 25.7 Å². The molecule has 0 bridgehead atoms. The molecule has 0 amide bonds. The topological polar surface area (TPSA) is 0 Å². The summed E-state index contributed by atoms with van der Waals surface area (Å²) in [5.74, 6) is 3.92. The van der Waals surface area contributed by atoms with Crippen LogP contribution in [-0.4, -0.2) is 0 Å². The van der Waals surface area contributed by atoms with Gasteiger partial charge in [-0.3, -0.25) is 0 Å². The van der Waals surface area contributed by atoms with E-state index in [-0.39, 0.29) is 26.2 Å². The van der Waals surface area contributed by atoms with Crippen LogP contribution in [0.1, 0.15) is 130 Å². The standard InChI is InChI=1S/4C7H13.Zr/c4*1-7-5-3-2-4-6-7;/h4*3,7H,2,4-6H2,1H3;/q4*-1;+4. The van der Waals surface area contributed by atoms with Crippen LogP contribution in [0.3, 0.4) is 0 Å². The average molecular weight is 480 g/mol. The molecule has 0 radical (unpaired) electrons. The molecular weight excluding hydrogens is 428 g/mol. The van der Waals surface area contributed by atoms with Gasteiger partial charge in [0.05, 0.1) is 0 Å². The van der Waals surface area contributed by atoms with Gasteiger partial charge in [-0.1, -0.05) is 103 Å². The van der Waals surface area contributed by atoms with Crippen molar-refractivity contribution in [2.24, 2.45) is 23.7 Å². The van der Waals surface area contributed by atoms with Crippen LogP contribution in [0.2, 0.25) is 0 Å². The van der Waals surface area contributed by atoms with Crippen molar-refractivity contribution >= 4 is 0 Å². The first kappa shape index (κ1) is 29.9. The molecule has 0 aromatic heterocycles. The fraction of sp³-hybridized carbons (Fsp3) is 0.857. The molecule has 0 nitrogen and oxygen atoms in total. The first-order valence-electron chi connectivity index (χ1n) is 12.8. The Balaban J connectivity index is 0.000000356. The molecule has 4 aliphatic carbocycles. The Hall–Kier alpha value is 0.883. The maximum Gasteiger partial charge on any atom is 4.00 e. The van der Waals surface area contributed by atoms with Crippen molar-refractivity contribution in [1.29, 1.82) is 0 Å². The van der Waals surface area contributed by atoms with Crippen LogP contribution in [0.5, 0.6) is 0 Å². The summed E-state index contributed by atoms with van der Waals surface area (Å²) in [6.07, 6.45) is 32.1. The smallest absolute Gasteiger partial charge is 0.328 e. The fourth-order valence-electron chi connectivity index (χ4n) is 4.52. The van der Waals surface area contributed by atoms with Crippen molar-refractivity contribution < 1.29 is 26.2 Å². The molecule has 29 heavy (non-hydrogen) atoms. The SMILES string of the molecule is CC1C[CH-]CCC1.CC1C[CH-]CCC1.CC1C[CH-]CCC1.CC1C[CH-]CCC1.[Zr+4]. The zero-order valence-electron chi connectivity index (χ0n) is 20.4. The van der Waals surface area contributed by atoms with Crippen LogP contribution in [0, 0.1) is 49.4 Å². The van der Waals surface area contributed by atoms with Crippen molar-refractivity contribution in [3.8, 4) is 0 Å². The summed E-state index contributed by atoms with van der Waals surface area (Å²) in [6.45, 7) is 9.32. The molecule has 1 heteroatoms. The number of hydrogen-bond acceptors (Lipinski definition) is 0. The molecule has 0 aromatic carbocycles. The summed E-state index contributed by atoms with van der Waals surface area (Å²) in [6, 6.07) is 0. The van der Waals surface area contributed by atoms with Crippen molar-refractivity contribution in [1.82, 2.24) is 0 Å². The maximum absolute atomic E-state index is 2.41. The molecular formula is C28H52Zr. The first-order valence-corrected chi connectivity index (χ1v) is 12.8.